The van der Waals surface area contributed by atoms with Crippen molar-refractivity contribution < 1.29 is 4.74 Å². The van der Waals surface area contributed by atoms with E-state index in [1.165, 1.54) is 12.8 Å². The van der Waals surface area contributed by atoms with Crippen LogP contribution in [0.5, 0.6) is 5.75 Å². The molecule has 0 bridgehead atoms. The van der Waals surface area contributed by atoms with Crippen LogP contribution in [0, 0.1) is 0 Å². The second-order valence-electron chi connectivity index (χ2n) is 5.85. The van der Waals surface area contributed by atoms with Crippen molar-refractivity contribution in [2.24, 2.45) is 0 Å². The molecule has 0 amide bonds. The third-order valence-corrected chi connectivity index (χ3v) is 3.64. The van der Waals surface area contributed by atoms with E-state index < -0.39 is 0 Å². The number of nitrogens with one attached hydrogen (secondary N) is 2. The van der Waals surface area contributed by atoms with Crippen molar-refractivity contribution >= 4 is 16.6 Å². The summed E-state index contributed by atoms with van der Waals surface area (Å²) in [6.07, 6.45) is 5.43. The molecule has 0 radical (unpaired) electrons. The number of ether oxygens (including phenoxy) is 1. The fraction of sp³-hybridized carbons (Fsp3) is 0.500. The van der Waals surface area contributed by atoms with Gasteiger partial charge in [-0.2, -0.15) is 0 Å². The number of nitrogens with zero attached hydrogens (tertiary/aromatic N) is 1. The van der Waals surface area contributed by atoms with E-state index in [0.29, 0.717) is 6.04 Å². The molecule has 0 spiro atoms. The van der Waals surface area contributed by atoms with Gasteiger partial charge >= 0.3 is 0 Å². The first-order valence-electron chi connectivity index (χ1n) is 8.10. The molecule has 0 atom stereocenters. The highest BCUT2D eigenvalue weighted by Gasteiger charge is 2.05. The predicted molar refractivity (Wildman–Crippen MR) is 93.8 cm³/mol. The Hall–Kier alpha value is -1.81. The van der Waals surface area contributed by atoms with Gasteiger partial charge in [-0.3, -0.25) is 4.98 Å². The lowest BCUT2D eigenvalue weighted by Crippen LogP contribution is -2.23. The van der Waals surface area contributed by atoms with Gasteiger partial charge < -0.3 is 15.4 Å². The maximum Gasteiger partial charge on any atom is 0.121 e. The van der Waals surface area contributed by atoms with E-state index in [1.54, 1.807) is 7.11 Å². The third kappa shape index (κ3) is 4.88. The number of hydrogen-bond donors (Lipinski definition) is 2. The summed E-state index contributed by atoms with van der Waals surface area (Å²) in [7, 11) is 1.70. The fourth-order valence-electron chi connectivity index (χ4n) is 2.46. The van der Waals surface area contributed by atoms with Crippen molar-refractivity contribution in [3.05, 3.63) is 30.5 Å². The van der Waals surface area contributed by atoms with Crippen molar-refractivity contribution in [1.82, 2.24) is 10.3 Å². The molecule has 2 aromatic rings. The Morgan fingerprint density at radius 3 is 2.73 bits per heavy atom. The zero-order valence-corrected chi connectivity index (χ0v) is 13.9. The first-order valence-corrected chi connectivity index (χ1v) is 8.10. The van der Waals surface area contributed by atoms with Crippen LogP contribution >= 0.6 is 0 Å². The van der Waals surface area contributed by atoms with E-state index >= 15 is 0 Å². The molecule has 1 aromatic carbocycles. The molecule has 0 aliphatic rings. The molecule has 22 heavy (non-hydrogen) atoms. The molecule has 1 heterocycles. The Morgan fingerprint density at radius 2 is 1.95 bits per heavy atom. The van der Waals surface area contributed by atoms with Gasteiger partial charge in [0.25, 0.3) is 0 Å². The number of rotatable bonds is 9. The quantitative estimate of drug-likeness (QED) is 0.691. The molecular formula is C18H27N3O. The first kappa shape index (κ1) is 16.6. The maximum absolute atomic E-state index is 5.37. The highest BCUT2D eigenvalue weighted by Crippen LogP contribution is 2.27. The van der Waals surface area contributed by atoms with Gasteiger partial charge in [0.1, 0.15) is 5.75 Å². The molecule has 0 aliphatic carbocycles. The van der Waals surface area contributed by atoms with Crippen LogP contribution in [0.25, 0.3) is 10.9 Å². The van der Waals surface area contributed by atoms with Crippen molar-refractivity contribution in [2.75, 3.05) is 25.5 Å². The van der Waals surface area contributed by atoms with Crippen LogP contribution < -0.4 is 15.4 Å². The molecule has 4 nitrogen and oxygen atoms in total. The summed E-state index contributed by atoms with van der Waals surface area (Å²) in [4.78, 5) is 4.48. The average molecular weight is 301 g/mol. The molecule has 0 saturated heterocycles. The standard InChI is InChI=1S/C18H27N3O/c1-14(2)19-9-5-4-6-10-20-17-13-16(22-3)12-15-8-7-11-21-18(15)17/h7-8,11-14,19-20H,4-6,9-10H2,1-3H3. The predicted octanol–water partition coefficient (Wildman–Crippen LogP) is 3.82. The SMILES string of the molecule is COc1cc(NCCCCCNC(C)C)c2ncccc2c1. The van der Waals surface area contributed by atoms with Gasteiger partial charge in [0.05, 0.1) is 18.3 Å². The number of benzene rings is 1. The largest absolute Gasteiger partial charge is 0.497 e. The van der Waals surface area contributed by atoms with Crippen LogP contribution in [-0.4, -0.2) is 31.2 Å². The Balaban J connectivity index is 1.86. The molecule has 4 heteroatoms. The summed E-state index contributed by atoms with van der Waals surface area (Å²) >= 11 is 0. The van der Waals surface area contributed by atoms with Crippen molar-refractivity contribution in [2.45, 2.75) is 39.2 Å². The van der Waals surface area contributed by atoms with Gasteiger partial charge in [0.15, 0.2) is 0 Å². The summed E-state index contributed by atoms with van der Waals surface area (Å²) in [6, 6.07) is 8.63. The summed E-state index contributed by atoms with van der Waals surface area (Å²) in [5, 5.41) is 8.05. The van der Waals surface area contributed by atoms with Gasteiger partial charge in [-0.25, -0.2) is 0 Å². The van der Waals surface area contributed by atoms with Gasteiger partial charge in [0, 0.05) is 30.2 Å². The molecule has 120 valence electrons. The minimum absolute atomic E-state index is 0.576. The van der Waals surface area contributed by atoms with E-state index in [2.05, 4.69) is 35.5 Å². The Kier molecular flexibility index (Phi) is 6.46. The fourth-order valence-corrected chi connectivity index (χ4v) is 2.46. The lowest BCUT2D eigenvalue weighted by Gasteiger charge is -2.11. The second kappa shape index (κ2) is 8.59. The normalized spacial score (nSPS) is 11.1. The number of fused-ring (bicyclic) bond motifs is 1. The number of aromatic nitrogens is 1. The molecule has 2 rings (SSSR count). The van der Waals surface area contributed by atoms with E-state index in [0.717, 1.165) is 41.9 Å². The number of pyridine rings is 1. The van der Waals surface area contributed by atoms with Gasteiger partial charge in [0.2, 0.25) is 0 Å². The Morgan fingerprint density at radius 1 is 1.14 bits per heavy atom. The zero-order chi connectivity index (χ0) is 15.8. The highest BCUT2D eigenvalue weighted by molar-refractivity contribution is 5.91. The van der Waals surface area contributed by atoms with Gasteiger partial charge in [-0.05, 0) is 31.5 Å². The molecule has 2 N–H and O–H groups in total. The third-order valence-electron chi connectivity index (χ3n) is 3.64. The van der Waals surface area contributed by atoms with Crippen LogP contribution in [-0.2, 0) is 0 Å². The number of unbranched alkanes of at least 4 members (excludes halogenated alkanes) is 2. The number of anilines is 1. The van der Waals surface area contributed by atoms with Crippen LogP contribution in [0.3, 0.4) is 0 Å². The summed E-state index contributed by atoms with van der Waals surface area (Å²) < 4.78 is 5.37. The molecule has 0 unspecified atom stereocenters. The molecule has 0 saturated carbocycles. The van der Waals surface area contributed by atoms with E-state index in [1.807, 2.05) is 24.4 Å². The van der Waals surface area contributed by atoms with Crippen molar-refractivity contribution in [3.8, 4) is 5.75 Å². The topological polar surface area (TPSA) is 46.2 Å². The lowest BCUT2D eigenvalue weighted by molar-refractivity contribution is 0.415. The van der Waals surface area contributed by atoms with Gasteiger partial charge in [-0.15, -0.1) is 0 Å². The Labute approximate surface area is 133 Å². The maximum atomic E-state index is 5.37. The van der Waals surface area contributed by atoms with Crippen molar-refractivity contribution in [3.63, 3.8) is 0 Å². The van der Waals surface area contributed by atoms with Crippen LogP contribution in [0.4, 0.5) is 5.69 Å². The molecule has 0 fully saturated rings. The summed E-state index contributed by atoms with van der Waals surface area (Å²) in [5.74, 6) is 0.865. The minimum Gasteiger partial charge on any atom is -0.497 e. The smallest absolute Gasteiger partial charge is 0.121 e. The second-order valence-corrected chi connectivity index (χ2v) is 5.85. The number of methoxy groups -OCH3 is 1. The summed E-state index contributed by atoms with van der Waals surface area (Å²) in [5.41, 5.74) is 2.06. The Bertz CT molecular complexity index is 584. The summed E-state index contributed by atoms with van der Waals surface area (Å²) in [6.45, 7) is 6.42. The lowest BCUT2D eigenvalue weighted by atomic mass is 10.1. The van der Waals surface area contributed by atoms with Gasteiger partial charge in [-0.1, -0.05) is 26.3 Å². The minimum atomic E-state index is 0.576. The van der Waals surface area contributed by atoms with Crippen molar-refractivity contribution in [1.29, 1.82) is 0 Å². The molecule has 1 aromatic heterocycles. The monoisotopic (exact) mass is 301 g/mol. The zero-order valence-electron chi connectivity index (χ0n) is 13.9. The highest BCUT2D eigenvalue weighted by atomic mass is 16.5. The van der Waals surface area contributed by atoms with Crippen LogP contribution in [0.2, 0.25) is 0 Å². The van der Waals surface area contributed by atoms with E-state index in [-0.39, 0.29) is 0 Å². The molecular weight excluding hydrogens is 274 g/mol. The van der Waals surface area contributed by atoms with E-state index in [9.17, 15) is 0 Å². The average Bonchev–Trinajstić information content (AvgIpc) is 2.53. The van der Waals surface area contributed by atoms with E-state index in [4.69, 9.17) is 4.74 Å². The van der Waals surface area contributed by atoms with Crippen LogP contribution in [0.1, 0.15) is 33.1 Å². The van der Waals surface area contributed by atoms with Crippen LogP contribution in [0.15, 0.2) is 30.5 Å². The molecule has 0 aliphatic heterocycles. The first-order chi connectivity index (χ1) is 10.7. The number of hydrogen-bond acceptors (Lipinski definition) is 4.